The molecule has 1 fully saturated rings. The zero-order valence-electron chi connectivity index (χ0n) is 14.1. The van der Waals surface area contributed by atoms with Gasteiger partial charge in [0.05, 0.1) is 11.8 Å². The molecule has 1 aliphatic rings. The van der Waals surface area contributed by atoms with Gasteiger partial charge in [-0.15, -0.1) is 0 Å². The Morgan fingerprint density at radius 2 is 1.83 bits per heavy atom. The molecular formula is C18H26N2O3. The number of anilines is 1. The maximum atomic E-state index is 12.2. The van der Waals surface area contributed by atoms with E-state index in [9.17, 15) is 9.59 Å². The number of methoxy groups -OCH3 is 1. The smallest absolute Gasteiger partial charge is 0.228 e. The van der Waals surface area contributed by atoms with Crippen molar-refractivity contribution in [1.29, 1.82) is 0 Å². The summed E-state index contributed by atoms with van der Waals surface area (Å²) in [5.74, 6) is -0.0280. The van der Waals surface area contributed by atoms with Gasteiger partial charge in [0, 0.05) is 25.9 Å². The summed E-state index contributed by atoms with van der Waals surface area (Å²) in [6.45, 7) is 5.48. The van der Waals surface area contributed by atoms with Crippen LogP contribution in [0.15, 0.2) is 24.3 Å². The van der Waals surface area contributed by atoms with Crippen molar-refractivity contribution in [1.82, 2.24) is 5.32 Å². The Balaban J connectivity index is 1.76. The van der Waals surface area contributed by atoms with Crippen molar-refractivity contribution in [3.63, 3.8) is 0 Å². The predicted molar refractivity (Wildman–Crippen MR) is 90.3 cm³/mol. The van der Waals surface area contributed by atoms with Crippen molar-refractivity contribution in [3.8, 4) is 0 Å². The highest BCUT2D eigenvalue weighted by atomic mass is 16.5. The van der Waals surface area contributed by atoms with Gasteiger partial charge < -0.3 is 15.4 Å². The summed E-state index contributed by atoms with van der Waals surface area (Å²) in [5.41, 5.74) is 2.02. The molecule has 1 saturated carbocycles. The van der Waals surface area contributed by atoms with Crippen molar-refractivity contribution < 1.29 is 14.3 Å². The van der Waals surface area contributed by atoms with Crippen LogP contribution in [0, 0.1) is 11.8 Å². The van der Waals surface area contributed by atoms with E-state index in [1.165, 1.54) is 5.56 Å². The van der Waals surface area contributed by atoms with Gasteiger partial charge in [0.2, 0.25) is 11.8 Å². The first-order valence-corrected chi connectivity index (χ1v) is 8.20. The minimum absolute atomic E-state index is 0.0311. The van der Waals surface area contributed by atoms with Crippen LogP contribution in [0.1, 0.15) is 38.2 Å². The zero-order chi connectivity index (χ0) is 16.8. The summed E-state index contributed by atoms with van der Waals surface area (Å²) in [7, 11) is 1.64. The maximum Gasteiger partial charge on any atom is 0.228 e. The summed E-state index contributed by atoms with van der Waals surface area (Å²) in [6.07, 6.45) is 1.42. The van der Waals surface area contributed by atoms with Crippen molar-refractivity contribution >= 4 is 17.5 Å². The molecule has 0 aliphatic heterocycles. The van der Waals surface area contributed by atoms with Crippen LogP contribution in [0.2, 0.25) is 0 Å². The number of hydrogen-bond donors (Lipinski definition) is 2. The molecule has 1 aliphatic carbocycles. The second-order valence-electron chi connectivity index (χ2n) is 6.35. The molecule has 23 heavy (non-hydrogen) atoms. The van der Waals surface area contributed by atoms with E-state index in [2.05, 4.69) is 24.5 Å². The Bertz CT molecular complexity index is 540. The molecule has 2 N–H and O–H groups in total. The third-order valence-electron chi connectivity index (χ3n) is 4.13. The zero-order valence-corrected chi connectivity index (χ0v) is 14.1. The first kappa shape index (κ1) is 17.5. The number of hydrogen-bond acceptors (Lipinski definition) is 3. The molecule has 0 saturated heterocycles. The fraction of sp³-hybridized carbons (Fsp3) is 0.556. The number of benzene rings is 1. The molecule has 126 valence electrons. The third kappa shape index (κ3) is 5.06. The van der Waals surface area contributed by atoms with Gasteiger partial charge >= 0.3 is 0 Å². The highest BCUT2D eigenvalue weighted by molar-refractivity contribution is 5.99. The maximum absolute atomic E-state index is 12.2. The molecule has 5 heteroatoms. The fourth-order valence-electron chi connectivity index (χ4n) is 2.52. The van der Waals surface area contributed by atoms with E-state index in [0.717, 1.165) is 12.1 Å². The van der Waals surface area contributed by atoms with E-state index in [4.69, 9.17) is 4.74 Å². The highest BCUT2D eigenvalue weighted by Crippen LogP contribution is 2.39. The number of amides is 2. The number of carbonyl (C=O) groups excluding carboxylic acids is 2. The van der Waals surface area contributed by atoms with Crippen LogP contribution in [0.3, 0.4) is 0 Å². The molecule has 0 bridgehead atoms. The molecule has 1 aromatic carbocycles. The number of nitrogens with one attached hydrogen (secondary N) is 2. The number of ether oxygens (including phenoxy) is 1. The average molecular weight is 318 g/mol. The van der Waals surface area contributed by atoms with E-state index in [1.807, 2.05) is 24.3 Å². The second-order valence-corrected chi connectivity index (χ2v) is 6.35. The van der Waals surface area contributed by atoms with Gasteiger partial charge in [0.15, 0.2) is 0 Å². The van der Waals surface area contributed by atoms with E-state index >= 15 is 0 Å². The van der Waals surface area contributed by atoms with Crippen LogP contribution in [0.25, 0.3) is 0 Å². The lowest BCUT2D eigenvalue weighted by atomic mass is 10.0. The molecule has 1 aromatic rings. The van der Waals surface area contributed by atoms with Gasteiger partial charge in [0.1, 0.15) is 0 Å². The van der Waals surface area contributed by atoms with Crippen molar-refractivity contribution in [2.45, 2.75) is 32.6 Å². The Labute approximate surface area is 137 Å². The Morgan fingerprint density at radius 3 is 2.43 bits per heavy atom. The molecule has 0 radical (unpaired) electrons. The van der Waals surface area contributed by atoms with Gasteiger partial charge in [-0.25, -0.2) is 0 Å². The van der Waals surface area contributed by atoms with E-state index in [-0.39, 0.29) is 23.7 Å². The molecule has 0 spiro atoms. The number of carbonyl (C=O) groups is 2. The molecule has 2 atom stereocenters. The van der Waals surface area contributed by atoms with Gasteiger partial charge in [-0.3, -0.25) is 9.59 Å². The van der Waals surface area contributed by atoms with E-state index in [0.29, 0.717) is 25.5 Å². The van der Waals surface area contributed by atoms with Gasteiger partial charge in [0.25, 0.3) is 0 Å². The molecule has 2 amide bonds. The Hall–Kier alpha value is -1.88. The highest BCUT2D eigenvalue weighted by Gasteiger charge is 2.47. The normalized spacial score (nSPS) is 19.5. The van der Waals surface area contributed by atoms with Crippen molar-refractivity contribution in [2.24, 2.45) is 11.8 Å². The first-order valence-electron chi connectivity index (χ1n) is 8.20. The van der Waals surface area contributed by atoms with Gasteiger partial charge in [-0.1, -0.05) is 26.0 Å². The molecule has 0 heterocycles. The van der Waals surface area contributed by atoms with Crippen LogP contribution in [-0.2, 0) is 14.3 Å². The minimum atomic E-state index is -0.206. The molecule has 0 aromatic heterocycles. The van der Waals surface area contributed by atoms with E-state index < -0.39 is 0 Å². The monoisotopic (exact) mass is 318 g/mol. The summed E-state index contributed by atoms with van der Waals surface area (Å²) in [4.78, 5) is 24.1. The standard InChI is InChI=1S/C18H26N2O3/c1-12(2)13-5-7-14(8-6-13)20-18(22)16-11-15(16)17(21)19-9-4-10-23-3/h5-8,12,15-16H,4,9-11H2,1-3H3,(H,19,21)(H,20,22). The SMILES string of the molecule is COCCCNC(=O)C1CC1C(=O)Nc1ccc(C(C)C)cc1. The lowest BCUT2D eigenvalue weighted by molar-refractivity contribution is -0.125. The van der Waals surface area contributed by atoms with E-state index in [1.54, 1.807) is 7.11 Å². The Kier molecular flexibility index (Phi) is 6.16. The van der Waals surface area contributed by atoms with Gasteiger partial charge in [-0.2, -0.15) is 0 Å². The van der Waals surface area contributed by atoms with Crippen LogP contribution < -0.4 is 10.6 Å². The van der Waals surface area contributed by atoms with Crippen molar-refractivity contribution in [2.75, 3.05) is 25.6 Å². The minimum Gasteiger partial charge on any atom is -0.385 e. The second kappa shape index (κ2) is 8.11. The predicted octanol–water partition coefficient (Wildman–Crippen LogP) is 2.54. The number of rotatable bonds is 8. The summed E-state index contributed by atoms with van der Waals surface area (Å²) < 4.78 is 4.93. The van der Waals surface area contributed by atoms with Crippen molar-refractivity contribution in [3.05, 3.63) is 29.8 Å². The third-order valence-corrected chi connectivity index (χ3v) is 4.13. The topological polar surface area (TPSA) is 67.4 Å². The molecule has 2 unspecified atom stereocenters. The molecule has 2 rings (SSSR count). The molecular weight excluding hydrogens is 292 g/mol. The Morgan fingerprint density at radius 1 is 1.17 bits per heavy atom. The quantitative estimate of drug-likeness (QED) is 0.724. The van der Waals surface area contributed by atoms with Gasteiger partial charge in [-0.05, 0) is 36.5 Å². The fourth-order valence-corrected chi connectivity index (χ4v) is 2.52. The molecule has 5 nitrogen and oxygen atoms in total. The van der Waals surface area contributed by atoms with Crippen LogP contribution in [-0.4, -0.2) is 32.1 Å². The van der Waals surface area contributed by atoms with Crippen LogP contribution in [0.5, 0.6) is 0 Å². The first-order chi connectivity index (χ1) is 11.0. The summed E-state index contributed by atoms with van der Waals surface area (Å²) in [6, 6.07) is 7.87. The summed E-state index contributed by atoms with van der Waals surface area (Å²) in [5, 5.41) is 5.74. The lowest BCUT2D eigenvalue weighted by Crippen LogP contribution is -2.28. The average Bonchev–Trinajstić information content (AvgIpc) is 3.32. The van der Waals surface area contributed by atoms with Crippen LogP contribution >= 0.6 is 0 Å². The largest absolute Gasteiger partial charge is 0.385 e. The van der Waals surface area contributed by atoms with Crippen LogP contribution in [0.4, 0.5) is 5.69 Å². The summed E-state index contributed by atoms with van der Waals surface area (Å²) >= 11 is 0. The lowest BCUT2D eigenvalue weighted by Gasteiger charge is -2.08.